The van der Waals surface area contributed by atoms with Gasteiger partial charge in [0.2, 0.25) is 5.65 Å². The lowest BCUT2D eigenvalue weighted by molar-refractivity contribution is 0.234. The van der Waals surface area contributed by atoms with E-state index in [1.54, 1.807) is 30.9 Å². The number of pyridine rings is 1. The Morgan fingerprint density at radius 3 is 2.83 bits per heavy atom. The highest BCUT2D eigenvalue weighted by molar-refractivity contribution is 5.93. The first kappa shape index (κ1) is 14.6. The fourth-order valence-electron chi connectivity index (χ4n) is 2.75. The molecule has 0 spiro atoms. The number of halogens is 1. The van der Waals surface area contributed by atoms with Gasteiger partial charge in [-0.15, -0.1) is 0 Å². The van der Waals surface area contributed by atoms with Gasteiger partial charge in [0.05, 0.1) is 23.5 Å². The minimum atomic E-state index is -0.312. The Morgan fingerprint density at radius 2 is 2.00 bits per heavy atom. The molecule has 1 aromatic carbocycles. The monoisotopic (exact) mass is 322 g/mol. The molecule has 0 unspecified atom stereocenters. The van der Waals surface area contributed by atoms with Crippen molar-refractivity contribution in [3.05, 3.63) is 54.9 Å². The summed E-state index contributed by atoms with van der Waals surface area (Å²) >= 11 is 0. The third-order valence-electron chi connectivity index (χ3n) is 3.69. The third-order valence-corrected chi connectivity index (χ3v) is 3.69. The van der Waals surface area contributed by atoms with Gasteiger partial charge in [-0.25, -0.2) is 14.4 Å². The molecule has 4 aromatic rings. The number of aromatic nitrogens is 4. The molecule has 5 nitrogen and oxygen atoms in total. The number of fused-ring (bicyclic) bond motifs is 2. The molecule has 3 aromatic heterocycles. The molecule has 0 saturated carbocycles. The molecule has 24 heavy (non-hydrogen) atoms. The van der Waals surface area contributed by atoms with E-state index in [9.17, 15) is 4.39 Å². The van der Waals surface area contributed by atoms with Crippen molar-refractivity contribution in [3.8, 4) is 17.1 Å². The Bertz CT molecular complexity index is 1040. The molecule has 0 N–H and O–H groups in total. The van der Waals surface area contributed by atoms with Crippen LogP contribution in [-0.2, 0) is 0 Å². The van der Waals surface area contributed by atoms with E-state index in [1.807, 2.05) is 24.3 Å². The van der Waals surface area contributed by atoms with Gasteiger partial charge in [0.25, 0.3) is 5.88 Å². The predicted octanol–water partition coefficient (Wildman–Crippen LogP) is 3.87. The molecule has 0 atom stereocenters. The van der Waals surface area contributed by atoms with Gasteiger partial charge >= 0.3 is 0 Å². The fourth-order valence-corrected chi connectivity index (χ4v) is 2.75. The zero-order chi connectivity index (χ0) is 16.7. The van der Waals surface area contributed by atoms with Crippen LogP contribution >= 0.6 is 0 Å². The van der Waals surface area contributed by atoms with E-state index in [2.05, 4.69) is 15.0 Å². The smallest absolute Gasteiger partial charge is 0.258 e. The Balaban J connectivity index is 1.98. The molecule has 0 saturated heterocycles. The molecule has 0 bridgehead atoms. The molecular formula is C18H15FN4O. The summed E-state index contributed by atoms with van der Waals surface area (Å²) in [4.78, 5) is 13.0. The normalized spacial score (nSPS) is 11.5. The highest BCUT2D eigenvalue weighted by Gasteiger charge is 2.15. The van der Waals surface area contributed by atoms with Crippen molar-refractivity contribution in [1.82, 2.24) is 19.4 Å². The fraction of sp³-hybridized carbons (Fsp3) is 0.167. The van der Waals surface area contributed by atoms with Gasteiger partial charge in [-0.3, -0.25) is 9.38 Å². The number of rotatable bonds is 3. The van der Waals surface area contributed by atoms with Crippen LogP contribution in [0.1, 0.15) is 13.8 Å². The van der Waals surface area contributed by atoms with Crippen LogP contribution in [0.15, 0.2) is 49.1 Å². The zero-order valence-corrected chi connectivity index (χ0v) is 13.3. The topological polar surface area (TPSA) is 52.3 Å². The van der Waals surface area contributed by atoms with Crippen molar-refractivity contribution in [3.63, 3.8) is 0 Å². The first-order valence-corrected chi connectivity index (χ1v) is 7.67. The highest BCUT2D eigenvalue weighted by Crippen LogP contribution is 2.30. The first-order chi connectivity index (χ1) is 11.6. The van der Waals surface area contributed by atoms with Crippen LogP contribution in [0.5, 0.6) is 5.88 Å². The van der Waals surface area contributed by atoms with Crippen LogP contribution in [-0.4, -0.2) is 25.5 Å². The summed E-state index contributed by atoms with van der Waals surface area (Å²) in [5.74, 6) is 0.139. The number of hydrogen-bond acceptors (Lipinski definition) is 4. The molecule has 6 heteroatoms. The minimum Gasteiger partial charge on any atom is -0.472 e. The van der Waals surface area contributed by atoms with Gasteiger partial charge < -0.3 is 4.74 Å². The van der Waals surface area contributed by atoms with Crippen molar-refractivity contribution in [2.24, 2.45) is 0 Å². The SMILES string of the molecule is CC(C)Oc1nccn2c(-c3cc(F)cc4cccnc34)cnc12. The summed E-state index contributed by atoms with van der Waals surface area (Å²) in [6, 6.07) is 6.58. The average Bonchev–Trinajstić information content (AvgIpc) is 2.98. The summed E-state index contributed by atoms with van der Waals surface area (Å²) < 4.78 is 21.6. The van der Waals surface area contributed by atoms with Crippen molar-refractivity contribution >= 4 is 16.6 Å². The van der Waals surface area contributed by atoms with Gasteiger partial charge in [0.1, 0.15) is 5.82 Å². The van der Waals surface area contributed by atoms with Crippen molar-refractivity contribution in [2.45, 2.75) is 20.0 Å². The van der Waals surface area contributed by atoms with Crippen LogP contribution in [0.4, 0.5) is 4.39 Å². The van der Waals surface area contributed by atoms with Gasteiger partial charge in [-0.05, 0) is 32.0 Å². The number of ether oxygens (including phenoxy) is 1. The largest absolute Gasteiger partial charge is 0.472 e. The van der Waals surface area contributed by atoms with Gasteiger partial charge in [-0.1, -0.05) is 6.07 Å². The number of benzene rings is 1. The van der Waals surface area contributed by atoms with Crippen LogP contribution in [0.25, 0.3) is 27.8 Å². The Morgan fingerprint density at radius 1 is 1.12 bits per heavy atom. The predicted molar refractivity (Wildman–Crippen MR) is 89.4 cm³/mol. The Labute approximate surface area is 137 Å². The molecule has 0 aliphatic rings. The quantitative estimate of drug-likeness (QED) is 0.574. The molecule has 0 aliphatic heterocycles. The second-order valence-corrected chi connectivity index (χ2v) is 5.76. The third kappa shape index (κ3) is 2.36. The minimum absolute atomic E-state index is 0.0134. The number of hydrogen-bond donors (Lipinski definition) is 0. The van der Waals surface area contributed by atoms with Crippen molar-refractivity contribution in [1.29, 1.82) is 0 Å². The van der Waals surface area contributed by atoms with Crippen LogP contribution in [0.2, 0.25) is 0 Å². The molecular weight excluding hydrogens is 307 g/mol. The van der Waals surface area contributed by atoms with E-state index in [0.29, 0.717) is 17.1 Å². The number of nitrogens with zero attached hydrogens (tertiary/aromatic N) is 4. The van der Waals surface area contributed by atoms with Crippen molar-refractivity contribution < 1.29 is 9.13 Å². The highest BCUT2D eigenvalue weighted by atomic mass is 19.1. The van der Waals surface area contributed by atoms with E-state index >= 15 is 0 Å². The van der Waals surface area contributed by atoms with Crippen LogP contribution < -0.4 is 4.74 Å². The lowest BCUT2D eigenvalue weighted by Gasteiger charge is -2.10. The molecule has 0 amide bonds. The summed E-state index contributed by atoms with van der Waals surface area (Å²) in [7, 11) is 0. The molecule has 3 heterocycles. The Hall–Kier alpha value is -3.02. The van der Waals surface area contributed by atoms with Gasteiger partial charge in [0.15, 0.2) is 0 Å². The lowest BCUT2D eigenvalue weighted by atomic mass is 10.1. The summed E-state index contributed by atoms with van der Waals surface area (Å²) in [6.07, 6.45) is 6.80. The maximum atomic E-state index is 14.0. The average molecular weight is 322 g/mol. The zero-order valence-electron chi connectivity index (χ0n) is 13.3. The molecule has 0 aliphatic carbocycles. The lowest BCUT2D eigenvalue weighted by Crippen LogP contribution is -2.08. The maximum absolute atomic E-state index is 14.0. The van der Waals surface area contributed by atoms with Crippen molar-refractivity contribution in [2.75, 3.05) is 0 Å². The second-order valence-electron chi connectivity index (χ2n) is 5.76. The van der Waals surface area contributed by atoms with Gasteiger partial charge in [0, 0.05) is 29.5 Å². The van der Waals surface area contributed by atoms with Gasteiger partial charge in [-0.2, -0.15) is 0 Å². The molecule has 0 radical (unpaired) electrons. The summed E-state index contributed by atoms with van der Waals surface area (Å²) in [6.45, 7) is 3.86. The second kappa shape index (κ2) is 5.56. The van der Waals surface area contributed by atoms with Crippen LogP contribution in [0, 0.1) is 5.82 Å². The van der Waals surface area contributed by atoms with E-state index in [0.717, 1.165) is 16.6 Å². The standard InChI is InChI=1S/C18H15FN4O/c1-11(2)24-18-17-22-10-15(23(17)7-6-21-18)14-9-13(19)8-12-4-3-5-20-16(12)14/h3-11H,1-2H3. The van der Waals surface area contributed by atoms with Crippen LogP contribution in [0.3, 0.4) is 0 Å². The Kier molecular flexibility index (Phi) is 3.37. The van der Waals surface area contributed by atoms with E-state index < -0.39 is 0 Å². The van der Waals surface area contributed by atoms with E-state index in [4.69, 9.17) is 4.74 Å². The first-order valence-electron chi connectivity index (χ1n) is 7.67. The summed E-state index contributed by atoms with van der Waals surface area (Å²) in [5.41, 5.74) is 2.74. The molecule has 0 fully saturated rings. The molecule has 120 valence electrons. The van der Waals surface area contributed by atoms with E-state index in [1.165, 1.54) is 12.1 Å². The number of imidazole rings is 1. The van der Waals surface area contributed by atoms with E-state index in [-0.39, 0.29) is 11.9 Å². The maximum Gasteiger partial charge on any atom is 0.258 e. The summed E-state index contributed by atoms with van der Waals surface area (Å²) in [5, 5.41) is 0.746. The molecule has 4 rings (SSSR count).